The van der Waals surface area contributed by atoms with Gasteiger partial charge in [-0.25, -0.2) is 8.78 Å². The molecule has 1 aromatic rings. The second-order valence-corrected chi connectivity index (χ2v) is 3.77. The van der Waals surface area contributed by atoms with E-state index in [1.807, 2.05) is 0 Å². The Balaban J connectivity index is 2.96. The summed E-state index contributed by atoms with van der Waals surface area (Å²) >= 11 is 0. The van der Waals surface area contributed by atoms with Crippen molar-refractivity contribution in [3.8, 4) is 6.07 Å². The van der Waals surface area contributed by atoms with Crippen molar-refractivity contribution in [3.63, 3.8) is 0 Å². The van der Waals surface area contributed by atoms with Crippen molar-refractivity contribution in [2.24, 2.45) is 0 Å². The number of carboxylic acid groups (broad SMARTS) is 1. The molecule has 0 saturated carbocycles. The van der Waals surface area contributed by atoms with Crippen molar-refractivity contribution in [3.05, 3.63) is 29.3 Å². The largest absolute Gasteiger partial charge is 0.481 e. The number of benzene rings is 1. The van der Waals surface area contributed by atoms with E-state index >= 15 is 0 Å². The number of rotatable bonds is 5. The van der Waals surface area contributed by atoms with Crippen LogP contribution in [0.1, 0.15) is 25.3 Å². The fourth-order valence-corrected chi connectivity index (χ4v) is 1.49. The van der Waals surface area contributed by atoms with Gasteiger partial charge in [-0.3, -0.25) is 4.79 Å². The van der Waals surface area contributed by atoms with Crippen LogP contribution < -0.4 is 5.32 Å². The van der Waals surface area contributed by atoms with Crippen molar-refractivity contribution in [2.75, 3.05) is 5.32 Å². The molecule has 6 heteroatoms. The van der Waals surface area contributed by atoms with Gasteiger partial charge in [0.1, 0.15) is 5.69 Å². The van der Waals surface area contributed by atoms with Crippen LogP contribution in [0.4, 0.5) is 14.5 Å². The van der Waals surface area contributed by atoms with Crippen molar-refractivity contribution >= 4 is 11.7 Å². The molecule has 0 aromatic heterocycles. The number of halogens is 2. The summed E-state index contributed by atoms with van der Waals surface area (Å²) in [6.45, 7) is 1.71. The zero-order valence-corrected chi connectivity index (χ0v) is 9.70. The first kappa shape index (κ1) is 13.9. The van der Waals surface area contributed by atoms with Gasteiger partial charge in [0, 0.05) is 6.04 Å². The number of anilines is 1. The summed E-state index contributed by atoms with van der Waals surface area (Å²) in [5.41, 5.74) is -0.524. The molecule has 2 N–H and O–H groups in total. The highest BCUT2D eigenvalue weighted by atomic mass is 19.1. The summed E-state index contributed by atoms with van der Waals surface area (Å²) in [7, 11) is 0. The average molecular weight is 254 g/mol. The predicted molar refractivity (Wildman–Crippen MR) is 61.0 cm³/mol. The molecular weight excluding hydrogens is 242 g/mol. The Morgan fingerprint density at radius 1 is 1.50 bits per heavy atom. The van der Waals surface area contributed by atoms with E-state index in [2.05, 4.69) is 5.32 Å². The van der Waals surface area contributed by atoms with Gasteiger partial charge in [0.25, 0.3) is 0 Å². The first-order valence-electron chi connectivity index (χ1n) is 5.35. The zero-order chi connectivity index (χ0) is 13.7. The summed E-state index contributed by atoms with van der Waals surface area (Å²) in [4.78, 5) is 10.6. The Morgan fingerprint density at radius 3 is 2.44 bits per heavy atom. The summed E-state index contributed by atoms with van der Waals surface area (Å²) < 4.78 is 27.1. The average Bonchev–Trinajstić information content (AvgIpc) is 2.31. The van der Waals surface area contributed by atoms with Crippen LogP contribution in [0.15, 0.2) is 12.1 Å². The molecule has 1 rings (SSSR count). The van der Waals surface area contributed by atoms with Crippen LogP contribution in [-0.2, 0) is 4.79 Å². The van der Waals surface area contributed by atoms with E-state index in [9.17, 15) is 13.6 Å². The van der Waals surface area contributed by atoms with E-state index in [0.29, 0.717) is 6.42 Å². The summed E-state index contributed by atoms with van der Waals surface area (Å²) in [6, 6.07) is 2.87. The fourth-order valence-electron chi connectivity index (χ4n) is 1.49. The van der Waals surface area contributed by atoms with Gasteiger partial charge in [-0.05, 0) is 18.6 Å². The molecule has 0 spiro atoms. The first-order valence-corrected chi connectivity index (χ1v) is 5.35. The lowest BCUT2D eigenvalue weighted by atomic mass is 10.1. The number of nitrogens with one attached hydrogen (secondary N) is 1. The number of nitrogens with zero attached hydrogens (tertiary/aromatic N) is 1. The van der Waals surface area contributed by atoms with Crippen LogP contribution in [0.2, 0.25) is 0 Å². The SMILES string of the molecule is CCC(CC(=O)O)Nc1c(F)cc(C#N)cc1F. The number of hydrogen-bond donors (Lipinski definition) is 2. The van der Waals surface area contributed by atoms with E-state index in [-0.39, 0.29) is 12.0 Å². The van der Waals surface area contributed by atoms with Gasteiger partial charge >= 0.3 is 5.97 Å². The fraction of sp³-hybridized carbons (Fsp3) is 0.333. The van der Waals surface area contributed by atoms with Crippen LogP contribution in [0.3, 0.4) is 0 Å². The lowest BCUT2D eigenvalue weighted by Gasteiger charge is -2.17. The van der Waals surface area contributed by atoms with E-state index < -0.39 is 29.3 Å². The lowest BCUT2D eigenvalue weighted by Crippen LogP contribution is -2.23. The molecule has 0 aliphatic heterocycles. The minimum Gasteiger partial charge on any atom is -0.481 e. The molecule has 1 atom stereocenters. The summed E-state index contributed by atoms with van der Waals surface area (Å²) in [5, 5.41) is 19.7. The number of carbonyl (C=O) groups is 1. The normalized spacial score (nSPS) is 11.7. The van der Waals surface area contributed by atoms with Crippen molar-refractivity contribution in [2.45, 2.75) is 25.8 Å². The van der Waals surface area contributed by atoms with Gasteiger partial charge in [0.2, 0.25) is 0 Å². The van der Waals surface area contributed by atoms with E-state index in [0.717, 1.165) is 12.1 Å². The Labute approximate surface area is 103 Å². The maximum absolute atomic E-state index is 13.5. The summed E-state index contributed by atoms with van der Waals surface area (Å²) in [6.07, 6.45) is 0.167. The number of carboxylic acids is 1. The molecule has 0 heterocycles. The molecule has 0 aliphatic rings. The number of aliphatic carboxylic acids is 1. The van der Waals surface area contributed by atoms with Crippen LogP contribution >= 0.6 is 0 Å². The van der Waals surface area contributed by atoms with Gasteiger partial charge in [-0.1, -0.05) is 6.92 Å². The third kappa shape index (κ3) is 3.42. The molecule has 0 bridgehead atoms. The van der Waals surface area contributed by atoms with Crippen molar-refractivity contribution in [1.29, 1.82) is 5.26 Å². The topological polar surface area (TPSA) is 73.1 Å². The Morgan fingerprint density at radius 2 is 2.06 bits per heavy atom. The van der Waals surface area contributed by atoms with Crippen LogP contribution in [0.5, 0.6) is 0 Å². The monoisotopic (exact) mass is 254 g/mol. The van der Waals surface area contributed by atoms with Crippen LogP contribution in [-0.4, -0.2) is 17.1 Å². The second-order valence-electron chi connectivity index (χ2n) is 3.77. The Bertz CT molecular complexity index is 474. The minimum absolute atomic E-state index is 0.123. The molecule has 1 unspecified atom stereocenters. The van der Waals surface area contributed by atoms with Crippen LogP contribution in [0, 0.1) is 23.0 Å². The molecule has 18 heavy (non-hydrogen) atoms. The molecule has 0 radical (unpaired) electrons. The highest BCUT2D eigenvalue weighted by molar-refractivity contribution is 5.68. The summed E-state index contributed by atoms with van der Waals surface area (Å²) in [5.74, 6) is -2.87. The molecule has 1 aromatic carbocycles. The van der Waals surface area contributed by atoms with Gasteiger partial charge < -0.3 is 10.4 Å². The van der Waals surface area contributed by atoms with Crippen molar-refractivity contribution in [1.82, 2.24) is 0 Å². The van der Waals surface area contributed by atoms with Gasteiger partial charge in [-0.2, -0.15) is 5.26 Å². The third-order valence-corrected chi connectivity index (χ3v) is 2.43. The van der Waals surface area contributed by atoms with Gasteiger partial charge in [0.15, 0.2) is 11.6 Å². The molecule has 0 aliphatic carbocycles. The van der Waals surface area contributed by atoms with Gasteiger partial charge in [-0.15, -0.1) is 0 Å². The number of hydrogen-bond acceptors (Lipinski definition) is 3. The standard InChI is InChI=1S/C12H12F2N2O2/c1-2-8(5-11(17)18)16-12-9(13)3-7(6-15)4-10(12)14/h3-4,8,16H,2,5H2,1H3,(H,17,18). The highest BCUT2D eigenvalue weighted by Gasteiger charge is 2.17. The maximum Gasteiger partial charge on any atom is 0.305 e. The lowest BCUT2D eigenvalue weighted by molar-refractivity contribution is -0.137. The van der Waals surface area contributed by atoms with E-state index in [4.69, 9.17) is 10.4 Å². The highest BCUT2D eigenvalue weighted by Crippen LogP contribution is 2.22. The third-order valence-electron chi connectivity index (χ3n) is 2.43. The predicted octanol–water partition coefficient (Wildman–Crippen LogP) is 2.50. The molecule has 0 saturated heterocycles. The first-order chi connectivity index (χ1) is 8.47. The second kappa shape index (κ2) is 5.96. The Hall–Kier alpha value is -2.16. The maximum atomic E-state index is 13.5. The Kier molecular flexibility index (Phi) is 4.60. The van der Waals surface area contributed by atoms with Crippen LogP contribution in [0.25, 0.3) is 0 Å². The molecule has 0 amide bonds. The minimum atomic E-state index is -1.05. The molecule has 96 valence electrons. The molecular formula is C12H12F2N2O2. The van der Waals surface area contributed by atoms with Gasteiger partial charge in [0.05, 0.1) is 18.1 Å². The van der Waals surface area contributed by atoms with E-state index in [1.165, 1.54) is 0 Å². The van der Waals surface area contributed by atoms with E-state index in [1.54, 1.807) is 13.0 Å². The molecule has 0 fully saturated rings. The zero-order valence-electron chi connectivity index (χ0n) is 9.70. The smallest absolute Gasteiger partial charge is 0.305 e. The number of nitriles is 1. The quantitative estimate of drug-likeness (QED) is 0.846. The molecule has 4 nitrogen and oxygen atoms in total. The van der Waals surface area contributed by atoms with Crippen molar-refractivity contribution < 1.29 is 18.7 Å².